The molecule has 0 bridgehead atoms. The fourth-order valence-corrected chi connectivity index (χ4v) is 2.53. The molecule has 1 aromatic carbocycles. The van der Waals surface area contributed by atoms with Crippen molar-refractivity contribution in [1.82, 2.24) is 5.43 Å². The summed E-state index contributed by atoms with van der Waals surface area (Å²) >= 11 is 7.23. The smallest absolute Gasteiger partial charge is 0.244 e. The molecule has 2 rings (SSSR count). The maximum Gasteiger partial charge on any atom is 0.244 e. The van der Waals surface area contributed by atoms with E-state index < -0.39 is 0 Å². The summed E-state index contributed by atoms with van der Waals surface area (Å²) in [6.45, 7) is 1.79. The second-order valence-electron chi connectivity index (χ2n) is 4.14. The molecule has 0 aliphatic heterocycles. The maximum atomic E-state index is 12.7. The largest absolute Gasteiger partial charge is 0.273 e. The topological polar surface area (TPSA) is 41.5 Å². The lowest BCUT2D eigenvalue weighted by molar-refractivity contribution is -0.120. The minimum atomic E-state index is -0.322. The monoisotopic (exact) mass is 310 g/mol. The molecule has 0 unspecified atom stereocenters. The average molecular weight is 311 g/mol. The fraction of sp³-hybridized carbons (Fsp3) is 0.143. The van der Waals surface area contributed by atoms with Crippen LogP contribution in [0.4, 0.5) is 4.39 Å². The van der Waals surface area contributed by atoms with Crippen LogP contribution >= 0.6 is 22.9 Å². The van der Waals surface area contributed by atoms with E-state index in [-0.39, 0.29) is 18.1 Å². The van der Waals surface area contributed by atoms with Gasteiger partial charge in [-0.3, -0.25) is 4.79 Å². The van der Waals surface area contributed by atoms with Gasteiger partial charge >= 0.3 is 0 Å². The van der Waals surface area contributed by atoms with Gasteiger partial charge in [-0.15, -0.1) is 11.3 Å². The van der Waals surface area contributed by atoms with E-state index in [4.69, 9.17) is 11.6 Å². The highest BCUT2D eigenvalue weighted by Crippen LogP contribution is 2.21. The second kappa shape index (κ2) is 6.63. The number of nitrogens with one attached hydrogen (secondary N) is 1. The number of benzene rings is 1. The first-order chi connectivity index (χ1) is 9.54. The number of carbonyl (C=O) groups excluding carboxylic acids is 1. The van der Waals surface area contributed by atoms with Crippen LogP contribution in [-0.4, -0.2) is 11.6 Å². The molecule has 104 valence electrons. The van der Waals surface area contributed by atoms with Gasteiger partial charge in [-0.2, -0.15) is 5.10 Å². The summed E-state index contributed by atoms with van der Waals surface area (Å²) in [6, 6.07) is 9.42. The van der Waals surface area contributed by atoms with Crippen LogP contribution in [0.5, 0.6) is 0 Å². The zero-order chi connectivity index (χ0) is 14.5. The van der Waals surface area contributed by atoms with E-state index in [1.54, 1.807) is 25.1 Å². The van der Waals surface area contributed by atoms with Gasteiger partial charge in [0.05, 0.1) is 21.3 Å². The first kappa shape index (κ1) is 14.7. The molecule has 0 radical (unpaired) electrons. The molecule has 0 saturated carbocycles. The molecule has 1 amide bonds. The Morgan fingerprint density at radius 1 is 1.30 bits per heavy atom. The molecule has 20 heavy (non-hydrogen) atoms. The number of thiophene rings is 1. The number of amides is 1. The summed E-state index contributed by atoms with van der Waals surface area (Å²) in [7, 11) is 0. The van der Waals surface area contributed by atoms with E-state index in [0.29, 0.717) is 10.0 Å². The summed E-state index contributed by atoms with van der Waals surface area (Å²) in [5.74, 6) is -0.573. The van der Waals surface area contributed by atoms with E-state index in [9.17, 15) is 9.18 Å². The van der Waals surface area contributed by atoms with Crippen molar-refractivity contribution in [3.63, 3.8) is 0 Å². The lowest BCUT2D eigenvalue weighted by Gasteiger charge is -2.02. The minimum absolute atomic E-state index is 0.155. The third-order valence-corrected chi connectivity index (χ3v) is 3.90. The van der Waals surface area contributed by atoms with E-state index in [1.807, 2.05) is 6.07 Å². The van der Waals surface area contributed by atoms with Gasteiger partial charge in [0.1, 0.15) is 5.82 Å². The number of hydrogen-bond donors (Lipinski definition) is 1. The molecular weight excluding hydrogens is 299 g/mol. The molecule has 1 N–H and O–H groups in total. The molecule has 0 spiro atoms. The number of carbonyl (C=O) groups is 1. The predicted octanol–water partition coefficient (Wildman–Crippen LogP) is 3.62. The van der Waals surface area contributed by atoms with Crippen molar-refractivity contribution in [3.05, 3.63) is 57.0 Å². The highest BCUT2D eigenvalue weighted by molar-refractivity contribution is 7.18. The number of rotatable bonds is 4. The van der Waals surface area contributed by atoms with E-state index in [2.05, 4.69) is 10.5 Å². The molecule has 0 aliphatic rings. The Kier molecular flexibility index (Phi) is 4.87. The number of hydrogen-bond acceptors (Lipinski definition) is 3. The Hall–Kier alpha value is -1.72. The summed E-state index contributed by atoms with van der Waals surface area (Å²) in [4.78, 5) is 12.6. The Balaban J connectivity index is 1.93. The molecule has 0 saturated heterocycles. The van der Waals surface area contributed by atoms with Crippen LogP contribution in [0.15, 0.2) is 41.5 Å². The van der Waals surface area contributed by atoms with Gasteiger partial charge in [0.2, 0.25) is 5.91 Å². The van der Waals surface area contributed by atoms with Crippen LogP contribution in [-0.2, 0) is 11.2 Å². The first-order valence-electron chi connectivity index (χ1n) is 5.88. The fourth-order valence-electron chi connectivity index (χ4n) is 1.54. The van der Waals surface area contributed by atoms with Crippen molar-refractivity contribution >= 4 is 34.6 Å². The SMILES string of the molecule is C/C(=N\NC(=O)Cc1ccc(F)cc1)c1ccc(Cl)s1. The predicted molar refractivity (Wildman–Crippen MR) is 79.8 cm³/mol. The van der Waals surface area contributed by atoms with Crippen LogP contribution in [0.25, 0.3) is 0 Å². The van der Waals surface area contributed by atoms with Gasteiger partial charge < -0.3 is 0 Å². The Morgan fingerprint density at radius 3 is 2.60 bits per heavy atom. The highest BCUT2D eigenvalue weighted by Gasteiger charge is 2.05. The molecule has 0 fully saturated rings. The summed E-state index contributed by atoms with van der Waals surface area (Å²) < 4.78 is 13.4. The lowest BCUT2D eigenvalue weighted by Crippen LogP contribution is -2.21. The Morgan fingerprint density at radius 2 is 2.00 bits per heavy atom. The summed E-state index contributed by atoms with van der Waals surface area (Å²) in [6.07, 6.45) is 0.155. The molecule has 0 aliphatic carbocycles. The highest BCUT2D eigenvalue weighted by atomic mass is 35.5. The van der Waals surface area contributed by atoms with Crippen molar-refractivity contribution in [2.45, 2.75) is 13.3 Å². The van der Waals surface area contributed by atoms with Gasteiger partial charge in [0.15, 0.2) is 0 Å². The van der Waals surface area contributed by atoms with Crippen LogP contribution in [0.2, 0.25) is 4.34 Å². The molecule has 1 heterocycles. The van der Waals surface area contributed by atoms with Crippen LogP contribution < -0.4 is 5.43 Å². The number of hydrazone groups is 1. The van der Waals surface area contributed by atoms with Gasteiger partial charge in [0, 0.05) is 0 Å². The zero-order valence-electron chi connectivity index (χ0n) is 10.7. The molecule has 1 aromatic heterocycles. The van der Waals surface area contributed by atoms with Crippen molar-refractivity contribution in [2.24, 2.45) is 5.10 Å². The van der Waals surface area contributed by atoms with E-state index >= 15 is 0 Å². The zero-order valence-corrected chi connectivity index (χ0v) is 12.3. The van der Waals surface area contributed by atoms with Crippen molar-refractivity contribution < 1.29 is 9.18 Å². The van der Waals surface area contributed by atoms with Crippen molar-refractivity contribution in [3.8, 4) is 0 Å². The second-order valence-corrected chi connectivity index (χ2v) is 5.85. The Labute approximate surface area is 125 Å². The molecular formula is C14H12ClFN2OS. The first-order valence-corrected chi connectivity index (χ1v) is 7.07. The third kappa shape index (κ3) is 4.15. The van der Waals surface area contributed by atoms with Gasteiger partial charge in [-0.25, -0.2) is 9.82 Å². The standard InChI is InChI=1S/C14H12ClFN2OS/c1-9(12-6-7-13(15)20-12)17-18-14(19)8-10-2-4-11(16)5-3-10/h2-7H,8H2,1H3,(H,18,19)/b17-9+. The van der Waals surface area contributed by atoms with Gasteiger partial charge in [-0.05, 0) is 36.8 Å². The number of nitrogens with zero attached hydrogens (tertiary/aromatic N) is 1. The van der Waals surface area contributed by atoms with Gasteiger partial charge in [-0.1, -0.05) is 23.7 Å². The summed E-state index contributed by atoms with van der Waals surface area (Å²) in [5, 5.41) is 4.02. The lowest BCUT2D eigenvalue weighted by atomic mass is 10.1. The molecule has 3 nitrogen and oxygen atoms in total. The normalized spacial score (nSPS) is 11.4. The van der Waals surface area contributed by atoms with Crippen LogP contribution in [0.1, 0.15) is 17.4 Å². The van der Waals surface area contributed by atoms with Crippen molar-refractivity contribution in [2.75, 3.05) is 0 Å². The van der Waals surface area contributed by atoms with Crippen LogP contribution in [0.3, 0.4) is 0 Å². The summed E-state index contributed by atoms with van der Waals surface area (Å²) in [5.41, 5.74) is 3.89. The molecule has 2 aromatic rings. The maximum absolute atomic E-state index is 12.7. The number of halogens is 2. The molecule has 0 atom stereocenters. The average Bonchev–Trinajstić information content (AvgIpc) is 2.85. The van der Waals surface area contributed by atoms with Crippen molar-refractivity contribution in [1.29, 1.82) is 0 Å². The minimum Gasteiger partial charge on any atom is -0.273 e. The van der Waals surface area contributed by atoms with E-state index in [0.717, 1.165) is 10.4 Å². The Bertz CT molecular complexity index is 637. The third-order valence-electron chi connectivity index (χ3n) is 2.56. The molecule has 6 heteroatoms. The quantitative estimate of drug-likeness (QED) is 0.680. The van der Waals surface area contributed by atoms with Gasteiger partial charge in [0.25, 0.3) is 0 Å². The van der Waals surface area contributed by atoms with E-state index in [1.165, 1.54) is 23.5 Å². The van der Waals surface area contributed by atoms with Crippen LogP contribution in [0, 0.1) is 5.82 Å².